The number of hydrogen-bond acceptors (Lipinski definition) is 5. The normalized spacial score (nSPS) is 10.2. The average Bonchev–Trinajstić information content (AvgIpc) is 2.84. The van der Waals surface area contributed by atoms with Crippen LogP contribution in [0.25, 0.3) is 0 Å². The van der Waals surface area contributed by atoms with Crippen LogP contribution in [-0.4, -0.2) is 48.8 Å². The molecule has 3 rings (SSSR count). The predicted molar refractivity (Wildman–Crippen MR) is 129 cm³/mol. The monoisotopic (exact) mass is 479 g/mol. The van der Waals surface area contributed by atoms with Gasteiger partial charge in [-0.15, -0.1) is 0 Å². The number of carbonyl (C=O) groups excluding carboxylic acids is 4. The van der Waals surface area contributed by atoms with Crippen LogP contribution < -0.4 is 10.6 Å². The zero-order valence-electron chi connectivity index (χ0n) is 18.3. The summed E-state index contributed by atoms with van der Waals surface area (Å²) in [6.07, 6.45) is 0. The third-order valence-corrected chi connectivity index (χ3v) is 5.04. The quantitative estimate of drug-likeness (QED) is 0.477. The zero-order valence-corrected chi connectivity index (χ0v) is 19.0. The van der Waals surface area contributed by atoms with Crippen LogP contribution in [-0.2, 0) is 14.3 Å². The molecule has 0 saturated carbocycles. The first-order valence-corrected chi connectivity index (χ1v) is 10.6. The molecule has 174 valence electrons. The van der Waals surface area contributed by atoms with E-state index in [1.807, 2.05) is 0 Å². The molecule has 9 heteroatoms. The number of amides is 3. The first-order chi connectivity index (χ1) is 16.3. The van der Waals surface area contributed by atoms with Crippen LogP contribution in [0.1, 0.15) is 20.7 Å². The fourth-order valence-corrected chi connectivity index (χ4v) is 3.11. The van der Waals surface area contributed by atoms with Crippen molar-refractivity contribution >= 4 is 46.7 Å². The van der Waals surface area contributed by atoms with Gasteiger partial charge in [0.15, 0.2) is 6.61 Å². The largest absolute Gasteiger partial charge is 0.452 e. The van der Waals surface area contributed by atoms with Crippen molar-refractivity contribution in [3.8, 4) is 0 Å². The van der Waals surface area contributed by atoms with Crippen molar-refractivity contribution in [1.82, 2.24) is 4.90 Å². The van der Waals surface area contributed by atoms with Crippen molar-refractivity contribution in [3.05, 3.63) is 95.0 Å². The molecule has 0 aliphatic rings. The summed E-state index contributed by atoms with van der Waals surface area (Å²) in [6, 6.07) is 21.6. The van der Waals surface area contributed by atoms with E-state index in [-0.39, 0.29) is 23.7 Å². The number of halogens is 1. The highest BCUT2D eigenvalue weighted by atomic mass is 35.5. The van der Waals surface area contributed by atoms with Crippen LogP contribution in [0.15, 0.2) is 78.9 Å². The van der Waals surface area contributed by atoms with Crippen molar-refractivity contribution in [1.29, 1.82) is 0 Å². The van der Waals surface area contributed by atoms with Crippen molar-refractivity contribution < 1.29 is 23.9 Å². The van der Waals surface area contributed by atoms with E-state index in [9.17, 15) is 19.2 Å². The van der Waals surface area contributed by atoms with Gasteiger partial charge in [0.25, 0.3) is 11.8 Å². The maximum absolute atomic E-state index is 12.6. The number of para-hydroxylation sites is 2. The second-order valence-corrected chi connectivity index (χ2v) is 7.63. The summed E-state index contributed by atoms with van der Waals surface area (Å²) < 4.78 is 5.12. The molecule has 8 nitrogen and oxygen atoms in total. The van der Waals surface area contributed by atoms with Gasteiger partial charge in [-0.3, -0.25) is 14.4 Å². The smallest absolute Gasteiger partial charge is 0.340 e. The Labute approximate surface area is 201 Å². The minimum Gasteiger partial charge on any atom is -0.452 e. The van der Waals surface area contributed by atoms with Crippen LogP contribution in [0.3, 0.4) is 0 Å². The van der Waals surface area contributed by atoms with Crippen LogP contribution in [0.4, 0.5) is 11.4 Å². The first kappa shape index (κ1) is 24.5. The van der Waals surface area contributed by atoms with E-state index in [1.165, 1.54) is 13.1 Å². The highest BCUT2D eigenvalue weighted by Gasteiger charge is 2.19. The summed E-state index contributed by atoms with van der Waals surface area (Å²) in [5, 5.41) is 5.66. The Kier molecular flexibility index (Phi) is 8.37. The van der Waals surface area contributed by atoms with Gasteiger partial charge in [-0.2, -0.15) is 0 Å². The van der Waals surface area contributed by atoms with Crippen molar-refractivity contribution in [2.24, 2.45) is 0 Å². The van der Waals surface area contributed by atoms with E-state index in [0.29, 0.717) is 16.3 Å². The summed E-state index contributed by atoms with van der Waals surface area (Å²) in [4.78, 5) is 50.7. The lowest BCUT2D eigenvalue weighted by atomic mass is 10.1. The Bertz CT molecular complexity index is 1200. The Morgan fingerprint density at radius 3 is 2.15 bits per heavy atom. The highest BCUT2D eigenvalue weighted by Crippen LogP contribution is 2.20. The topological polar surface area (TPSA) is 105 Å². The van der Waals surface area contributed by atoms with Crippen molar-refractivity contribution in [3.63, 3.8) is 0 Å². The van der Waals surface area contributed by atoms with Gasteiger partial charge >= 0.3 is 5.97 Å². The van der Waals surface area contributed by atoms with E-state index >= 15 is 0 Å². The number of ether oxygens (including phenoxy) is 1. The molecule has 3 aromatic rings. The van der Waals surface area contributed by atoms with Crippen LogP contribution in [0, 0.1) is 0 Å². The molecule has 0 bridgehead atoms. The average molecular weight is 480 g/mol. The first-order valence-electron chi connectivity index (χ1n) is 10.3. The third-order valence-electron chi connectivity index (χ3n) is 4.71. The van der Waals surface area contributed by atoms with Gasteiger partial charge < -0.3 is 20.3 Å². The van der Waals surface area contributed by atoms with Gasteiger partial charge in [0, 0.05) is 12.6 Å². The molecule has 0 aromatic heterocycles. The molecule has 2 N–H and O–H groups in total. The van der Waals surface area contributed by atoms with Gasteiger partial charge in [0.2, 0.25) is 5.91 Å². The Morgan fingerprint density at radius 1 is 0.824 bits per heavy atom. The van der Waals surface area contributed by atoms with Gasteiger partial charge in [-0.1, -0.05) is 54.1 Å². The van der Waals surface area contributed by atoms with Gasteiger partial charge in [0.1, 0.15) is 0 Å². The van der Waals surface area contributed by atoms with Crippen molar-refractivity contribution in [2.75, 3.05) is 30.8 Å². The molecule has 0 aliphatic carbocycles. The van der Waals surface area contributed by atoms with Gasteiger partial charge in [-0.05, 0) is 36.4 Å². The lowest BCUT2D eigenvalue weighted by Crippen LogP contribution is -2.37. The summed E-state index contributed by atoms with van der Waals surface area (Å²) in [5.41, 5.74) is 1.20. The standard InChI is InChI=1S/C25H22ClN3O5/c1-29(15-22(30)27-21-14-8-6-12-19(21)26)23(31)16-34-25(33)18-11-5-7-13-20(18)28-24(32)17-9-3-2-4-10-17/h2-14H,15-16H2,1H3,(H,27,30)(H,28,32). The van der Waals surface area contributed by atoms with E-state index in [2.05, 4.69) is 10.6 Å². The highest BCUT2D eigenvalue weighted by molar-refractivity contribution is 6.33. The SMILES string of the molecule is CN(CC(=O)Nc1ccccc1Cl)C(=O)COC(=O)c1ccccc1NC(=O)c1ccccc1. The predicted octanol–water partition coefficient (Wildman–Crippen LogP) is 3.85. The minimum atomic E-state index is -0.786. The minimum absolute atomic E-state index is 0.0960. The van der Waals surface area contributed by atoms with Crippen LogP contribution >= 0.6 is 11.6 Å². The number of nitrogens with one attached hydrogen (secondary N) is 2. The number of carbonyl (C=O) groups is 4. The van der Waals surface area contributed by atoms with E-state index in [4.69, 9.17) is 16.3 Å². The molecule has 3 amide bonds. The molecule has 0 unspecified atom stereocenters. The van der Waals surface area contributed by atoms with Crippen molar-refractivity contribution in [2.45, 2.75) is 0 Å². The molecule has 3 aromatic carbocycles. The second kappa shape index (κ2) is 11.6. The molecule has 0 atom stereocenters. The van der Waals surface area contributed by atoms with E-state index < -0.39 is 24.4 Å². The fraction of sp³-hybridized carbons (Fsp3) is 0.120. The Morgan fingerprint density at radius 2 is 1.44 bits per heavy atom. The zero-order chi connectivity index (χ0) is 24.5. The molecule has 0 aliphatic heterocycles. The molecule has 0 fully saturated rings. The molecular weight excluding hydrogens is 458 g/mol. The molecule has 0 radical (unpaired) electrons. The summed E-state index contributed by atoms with van der Waals surface area (Å²) in [7, 11) is 1.41. The lowest BCUT2D eigenvalue weighted by molar-refractivity contribution is -0.136. The maximum Gasteiger partial charge on any atom is 0.340 e. The third kappa shape index (κ3) is 6.66. The Balaban J connectivity index is 1.55. The number of rotatable bonds is 8. The number of hydrogen-bond donors (Lipinski definition) is 2. The molecule has 34 heavy (non-hydrogen) atoms. The Hall–Kier alpha value is -4.17. The summed E-state index contributed by atoms with van der Waals surface area (Å²) in [5.74, 6) is -2.20. The van der Waals surface area contributed by atoms with E-state index in [0.717, 1.165) is 4.90 Å². The molecule has 0 heterocycles. The van der Waals surface area contributed by atoms with Gasteiger partial charge in [0.05, 0.1) is 28.5 Å². The number of anilines is 2. The number of benzene rings is 3. The maximum atomic E-state index is 12.6. The van der Waals surface area contributed by atoms with Crippen LogP contribution in [0.2, 0.25) is 5.02 Å². The number of likely N-dealkylation sites (N-methyl/N-ethyl adjacent to an activating group) is 1. The molecule has 0 saturated heterocycles. The number of nitrogens with zero attached hydrogens (tertiary/aromatic N) is 1. The summed E-state index contributed by atoms with van der Waals surface area (Å²) >= 11 is 6.01. The fourth-order valence-electron chi connectivity index (χ4n) is 2.93. The lowest BCUT2D eigenvalue weighted by Gasteiger charge is -2.17. The molecular formula is C25H22ClN3O5. The van der Waals surface area contributed by atoms with Crippen LogP contribution in [0.5, 0.6) is 0 Å². The number of esters is 1. The van der Waals surface area contributed by atoms with E-state index in [1.54, 1.807) is 72.8 Å². The molecule has 0 spiro atoms. The summed E-state index contributed by atoms with van der Waals surface area (Å²) in [6.45, 7) is -0.832. The second-order valence-electron chi connectivity index (χ2n) is 7.22. The van der Waals surface area contributed by atoms with Gasteiger partial charge in [-0.25, -0.2) is 4.79 Å².